The second-order valence-electron chi connectivity index (χ2n) is 6.80. The normalized spacial score (nSPS) is 14.8. The Labute approximate surface area is 157 Å². The molecule has 1 aliphatic heterocycles. The highest BCUT2D eigenvalue weighted by molar-refractivity contribution is 5.92. The summed E-state index contributed by atoms with van der Waals surface area (Å²) in [4.78, 5) is 7.14. The number of hydrogen-bond donors (Lipinski definition) is 1. The Morgan fingerprint density at radius 3 is 2.59 bits per heavy atom. The molecule has 6 heteroatoms. The SMILES string of the molecule is Cc1cc2nc(Nc3ccc(N4CCOCC4)cc3)c3ccccc3n2n1. The first kappa shape index (κ1) is 16.1. The van der Waals surface area contributed by atoms with Gasteiger partial charge in [0.15, 0.2) is 5.65 Å². The summed E-state index contributed by atoms with van der Waals surface area (Å²) in [7, 11) is 0. The Balaban J connectivity index is 1.50. The molecular formula is C21H21N5O. The van der Waals surface area contributed by atoms with E-state index in [2.05, 4.69) is 51.7 Å². The van der Waals surface area contributed by atoms with Crippen LogP contribution in [0.15, 0.2) is 54.6 Å². The number of benzene rings is 2. The van der Waals surface area contributed by atoms with Crippen molar-refractivity contribution < 1.29 is 4.74 Å². The molecule has 27 heavy (non-hydrogen) atoms. The van der Waals surface area contributed by atoms with Crippen LogP contribution in [0.4, 0.5) is 17.2 Å². The van der Waals surface area contributed by atoms with E-state index in [9.17, 15) is 0 Å². The van der Waals surface area contributed by atoms with Gasteiger partial charge in [0.1, 0.15) is 5.82 Å². The molecule has 0 radical (unpaired) electrons. The molecular weight excluding hydrogens is 338 g/mol. The number of nitrogens with one attached hydrogen (secondary N) is 1. The molecule has 0 unspecified atom stereocenters. The van der Waals surface area contributed by atoms with Crippen LogP contribution < -0.4 is 10.2 Å². The minimum atomic E-state index is 0.792. The molecule has 0 saturated carbocycles. The predicted molar refractivity (Wildman–Crippen MR) is 108 cm³/mol. The van der Waals surface area contributed by atoms with Gasteiger partial charge in [-0.1, -0.05) is 12.1 Å². The number of hydrogen-bond acceptors (Lipinski definition) is 5. The summed E-state index contributed by atoms with van der Waals surface area (Å²) < 4.78 is 7.33. The van der Waals surface area contributed by atoms with Gasteiger partial charge >= 0.3 is 0 Å². The van der Waals surface area contributed by atoms with Crippen LogP contribution >= 0.6 is 0 Å². The van der Waals surface area contributed by atoms with Crippen molar-refractivity contribution in [2.45, 2.75) is 6.92 Å². The minimum Gasteiger partial charge on any atom is -0.378 e. The van der Waals surface area contributed by atoms with Crippen molar-refractivity contribution in [1.82, 2.24) is 14.6 Å². The summed E-state index contributed by atoms with van der Waals surface area (Å²) in [6.07, 6.45) is 0. The third-order valence-electron chi connectivity index (χ3n) is 4.93. The summed E-state index contributed by atoms with van der Waals surface area (Å²) in [5, 5.41) is 9.09. The van der Waals surface area contributed by atoms with Gasteiger partial charge in [-0.25, -0.2) is 9.50 Å². The topological polar surface area (TPSA) is 54.7 Å². The fourth-order valence-electron chi connectivity index (χ4n) is 3.59. The van der Waals surface area contributed by atoms with Crippen molar-refractivity contribution in [3.8, 4) is 0 Å². The zero-order valence-corrected chi connectivity index (χ0v) is 15.2. The van der Waals surface area contributed by atoms with E-state index in [4.69, 9.17) is 9.72 Å². The monoisotopic (exact) mass is 359 g/mol. The molecule has 1 aliphatic rings. The standard InChI is InChI=1S/C21H21N5O/c1-15-14-20-23-21(18-4-2-3-5-19(18)26(20)24-15)22-16-6-8-17(9-7-16)25-10-12-27-13-11-25/h2-9,14H,10-13H2,1H3,(H,22,23). The molecule has 6 nitrogen and oxygen atoms in total. The number of anilines is 3. The molecule has 0 bridgehead atoms. The maximum absolute atomic E-state index is 5.43. The van der Waals surface area contributed by atoms with Gasteiger partial charge in [-0.2, -0.15) is 5.10 Å². The zero-order valence-electron chi connectivity index (χ0n) is 15.2. The molecule has 0 aliphatic carbocycles. The first-order valence-electron chi connectivity index (χ1n) is 9.23. The van der Waals surface area contributed by atoms with Gasteiger partial charge in [0, 0.05) is 35.9 Å². The Morgan fingerprint density at radius 2 is 1.78 bits per heavy atom. The van der Waals surface area contributed by atoms with E-state index in [0.717, 1.165) is 60.1 Å². The van der Waals surface area contributed by atoms with E-state index in [1.807, 2.05) is 29.6 Å². The van der Waals surface area contributed by atoms with E-state index in [1.54, 1.807) is 0 Å². The van der Waals surface area contributed by atoms with E-state index in [-0.39, 0.29) is 0 Å². The lowest BCUT2D eigenvalue weighted by molar-refractivity contribution is 0.122. The molecule has 3 heterocycles. The van der Waals surface area contributed by atoms with Gasteiger partial charge in [0.25, 0.3) is 0 Å². The number of fused-ring (bicyclic) bond motifs is 3. The number of rotatable bonds is 3. The number of ether oxygens (including phenoxy) is 1. The molecule has 1 saturated heterocycles. The number of nitrogens with zero attached hydrogens (tertiary/aromatic N) is 4. The van der Waals surface area contributed by atoms with E-state index in [1.165, 1.54) is 5.69 Å². The van der Waals surface area contributed by atoms with Gasteiger partial charge in [-0.15, -0.1) is 0 Å². The first-order chi connectivity index (χ1) is 13.3. The second kappa shape index (κ2) is 6.55. The molecule has 4 aromatic rings. The number of aryl methyl sites for hydroxylation is 1. The van der Waals surface area contributed by atoms with Crippen LogP contribution in [0.3, 0.4) is 0 Å². The van der Waals surface area contributed by atoms with Crippen LogP contribution in [0.25, 0.3) is 16.6 Å². The van der Waals surface area contributed by atoms with E-state index < -0.39 is 0 Å². The maximum Gasteiger partial charge on any atom is 0.158 e. The molecule has 2 aromatic carbocycles. The van der Waals surface area contributed by atoms with Crippen molar-refractivity contribution in [1.29, 1.82) is 0 Å². The van der Waals surface area contributed by atoms with Crippen molar-refractivity contribution in [3.05, 3.63) is 60.3 Å². The van der Waals surface area contributed by atoms with Gasteiger partial charge in [-0.3, -0.25) is 0 Å². The lowest BCUT2D eigenvalue weighted by atomic mass is 10.2. The summed E-state index contributed by atoms with van der Waals surface area (Å²) in [5.41, 5.74) is 5.09. The Hall–Kier alpha value is -3.12. The smallest absolute Gasteiger partial charge is 0.158 e. The highest BCUT2D eigenvalue weighted by atomic mass is 16.5. The summed E-state index contributed by atoms with van der Waals surface area (Å²) in [5.74, 6) is 0.845. The van der Waals surface area contributed by atoms with Gasteiger partial charge in [0.2, 0.25) is 0 Å². The molecule has 0 spiro atoms. The number of aromatic nitrogens is 3. The second-order valence-corrected chi connectivity index (χ2v) is 6.80. The van der Waals surface area contributed by atoms with Crippen LogP contribution in [0, 0.1) is 6.92 Å². The quantitative estimate of drug-likeness (QED) is 0.603. The van der Waals surface area contributed by atoms with Gasteiger partial charge in [-0.05, 0) is 43.3 Å². The van der Waals surface area contributed by atoms with Crippen molar-refractivity contribution in [2.24, 2.45) is 0 Å². The first-order valence-corrected chi connectivity index (χ1v) is 9.23. The van der Waals surface area contributed by atoms with Crippen molar-refractivity contribution in [2.75, 3.05) is 36.5 Å². The zero-order chi connectivity index (χ0) is 18.2. The Kier molecular flexibility index (Phi) is 3.90. The maximum atomic E-state index is 5.43. The molecule has 5 rings (SSSR count). The lowest BCUT2D eigenvalue weighted by Gasteiger charge is -2.28. The largest absolute Gasteiger partial charge is 0.378 e. The van der Waals surface area contributed by atoms with Crippen LogP contribution in [0.1, 0.15) is 5.69 Å². The van der Waals surface area contributed by atoms with Crippen LogP contribution in [-0.4, -0.2) is 40.9 Å². The highest BCUT2D eigenvalue weighted by Crippen LogP contribution is 2.27. The third kappa shape index (κ3) is 2.98. The number of para-hydroxylation sites is 1. The Bertz CT molecular complexity index is 1100. The number of morpholine rings is 1. The molecule has 0 atom stereocenters. The molecule has 2 aromatic heterocycles. The molecule has 136 valence electrons. The van der Waals surface area contributed by atoms with E-state index >= 15 is 0 Å². The molecule has 1 fully saturated rings. The van der Waals surface area contributed by atoms with Gasteiger partial charge < -0.3 is 15.0 Å². The summed E-state index contributed by atoms with van der Waals surface area (Å²) in [6.45, 7) is 5.45. The molecule has 1 N–H and O–H groups in total. The Morgan fingerprint density at radius 1 is 1.00 bits per heavy atom. The van der Waals surface area contributed by atoms with Crippen molar-refractivity contribution in [3.63, 3.8) is 0 Å². The van der Waals surface area contributed by atoms with Crippen LogP contribution in [0.5, 0.6) is 0 Å². The third-order valence-corrected chi connectivity index (χ3v) is 4.93. The average molecular weight is 359 g/mol. The van der Waals surface area contributed by atoms with Crippen molar-refractivity contribution >= 4 is 33.7 Å². The lowest BCUT2D eigenvalue weighted by Crippen LogP contribution is -2.36. The van der Waals surface area contributed by atoms with E-state index in [0.29, 0.717) is 0 Å². The average Bonchev–Trinajstić information content (AvgIpc) is 3.10. The highest BCUT2D eigenvalue weighted by Gasteiger charge is 2.12. The van der Waals surface area contributed by atoms with Crippen LogP contribution in [0.2, 0.25) is 0 Å². The summed E-state index contributed by atoms with van der Waals surface area (Å²) in [6, 6.07) is 18.7. The fraction of sp³-hybridized carbons (Fsp3) is 0.238. The summed E-state index contributed by atoms with van der Waals surface area (Å²) >= 11 is 0. The minimum absolute atomic E-state index is 0.792. The van der Waals surface area contributed by atoms with Gasteiger partial charge in [0.05, 0.1) is 24.4 Å². The molecule has 0 amide bonds. The predicted octanol–water partition coefficient (Wildman–Crippen LogP) is 3.77. The van der Waals surface area contributed by atoms with Crippen LogP contribution in [-0.2, 0) is 4.74 Å². The fourth-order valence-corrected chi connectivity index (χ4v) is 3.59.